The van der Waals surface area contributed by atoms with Crippen LogP contribution in [0.2, 0.25) is 0 Å². The molecule has 1 aliphatic rings. The van der Waals surface area contributed by atoms with Gasteiger partial charge >= 0.3 is 0 Å². The van der Waals surface area contributed by atoms with E-state index in [9.17, 15) is 0 Å². The summed E-state index contributed by atoms with van der Waals surface area (Å²) in [5.41, 5.74) is 0. The van der Waals surface area contributed by atoms with Crippen LogP contribution in [0, 0.1) is 0 Å². The summed E-state index contributed by atoms with van der Waals surface area (Å²) >= 11 is 0. The zero-order valence-corrected chi connectivity index (χ0v) is 12.2. The molecule has 1 fully saturated rings. The van der Waals surface area contributed by atoms with Gasteiger partial charge in [0.1, 0.15) is 26.2 Å². The van der Waals surface area contributed by atoms with Gasteiger partial charge in [0.25, 0.3) is 0 Å². The predicted octanol–water partition coefficient (Wildman–Crippen LogP) is 0.0492. The number of hydrogen-bond donors (Lipinski definition) is 0. The van der Waals surface area contributed by atoms with Gasteiger partial charge in [-0.05, 0) is 0 Å². The van der Waals surface area contributed by atoms with Crippen molar-refractivity contribution in [3.63, 3.8) is 0 Å². The topological polar surface area (TPSA) is 36.9 Å². The SMILES string of the molecule is COC[N+]1(COC)CC[N+](COC)(COC)CC1. The molecule has 1 aliphatic heterocycles. The zero-order valence-electron chi connectivity index (χ0n) is 12.2. The predicted molar refractivity (Wildman–Crippen MR) is 67.5 cm³/mol. The van der Waals surface area contributed by atoms with Crippen molar-refractivity contribution in [3.05, 3.63) is 0 Å². The van der Waals surface area contributed by atoms with Crippen molar-refractivity contribution in [3.8, 4) is 0 Å². The minimum atomic E-state index is 0.702. The minimum absolute atomic E-state index is 0.702. The van der Waals surface area contributed by atoms with Crippen LogP contribution in [-0.4, -0.2) is 90.5 Å². The number of methoxy groups -OCH3 is 4. The fourth-order valence-electron chi connectivity index (χ4n) is 2.76. The normalized spacial score (nSPS) is 22.0. The molecular weight excluding hydrogens is 236 g/mol. The highest BCUT2D eigenvalue weighted by Gasteiger charge is 2.42. The van der Waals surface area contributed by atoms with Crippen LogP contribution >= 0.6 is 0 Å². The van der Waals surface area contributed by atoms with Crippen LogP contribution in [0.3, 0.4) is 0 Å². The molecule has 1 heterocycles. The van der Waals surface area contributed by atoms with E-state index in [1.54, 1.807) is 28.4 Å². The molecule has 0 radical (unpaired) electrons. The van der Waals surface area contributed by atoms with Crippen molar-refractivity contribution in [1.29, 1.82) is 0 Å². The summed E-state index contributed by atoms with van der Waals surface area (Å²) in [5, 5.41) is 0. The first-order chi connectivity index (χ1) is 8.66. The second kappa shape index (κ2) is 7.37. The van der Waals surface area contributed by atoms with Crippen molar-refractivity contribution < 1.29 is 27.9 Å². The summed E-state index contributed by atoms with van der Waals surface area (Å²) in [5.74, 6) is 0. The highest BCUT2D eigenvalue weighted by molar-refractivity contribution is 4.49. The molecule has 108 valence electrons. The number of piperazine rings is 1. The largest absolute Gasteiger partial charge is 0.335 e. The maximum Gasteiger partial charge on any atom is 0.184 e. The molecule has 0 aliphatic carbocycles. The van der Waals surface area contributed by atoms with Gasteiger partial charge in [0.15, 0.2) is 26.9 Å². The van der Waals surface area contributed by atoms with Crippen LogP contribution in [0.15, 0.2) is 0 Å². The van der Waals surface area contributed by atoms with E-state index >= 15 is 0 Å². The number of hydrogen-bond acceptors (Lipinski definition) is 4. The molecule has 1 saturated heterocycles. The van der Waals surface area contributed by atoms with Crippen molar-refractivity contribution in [1.82, 2.24) is 0 Å². The van der Waals surface area contributed by atoms with Gasteiger partial charge in [0.05, 0.1) is 0 Å². The Morgan fingerprint density at radius 1 is 0.556 bits per heavy atom. The molecule has 18 heavy (non-hydrogen) atoms. The molecule has 0 spiro atoms. The second-order valence-corrected chi connectivity index (χ2v) is 5.25. The maximum atomic E-state index is 5.35. The van der Waals surface area contributed by atoms with Gasteiger partial charge in [-0.1, -0.05) is 0 Å². The first-order valence-corrected chi connectivity index (χ1v) is 6.32. The standard InChI is InChI=1S/C12H28N2O4/c1-15-9-13(10-16-2)5-7-14(8-6-13,11-17-3)12-18-4/h5-12H2,1-4H3/q+2. The Morgan fingerprint density at radius 2 is 0.778 bits per heavy atom. The summed E-state index contributed by atoms with van der Waals surface area (Å²) < 4.78 is 23.1. The molecular formula is C12H28N2O4+2. The van der Waals surface area contributed by atoms with Crippen molar-refractivity contribution in [2.45, 2.75) is 0 Å². The van der Waals surface area contributed by atoms with Crippen molar-refractivity contribution in [2.75, 3.05) is 81.5 Å². The summed E-state index contributed by atoms with van der Waals surface area (Å²) in [7, 11) is 6.99. The first kappa shape index (κ1) is 15.8. The molecule has 0 bridgehead atoms. The summed E-state index contributed by atoms with van der Waals surface area (Å²) in [4.78, 5) is 0. The highest BCUT2D eigenvalue weighted by Crippen LogP contribution is 2.20. The zero-order chi connectivity index (χ0) is 13.5. The Bertz CT molecular complexity index is 190. The Hall–Kier alpha value is -0.240. The van der Waals surface area contributed by atoms with Gasteiger partial charge < -0.3 is 18.9 Å². The Kier molecular flexibility index (Phi) is 6.48. The van der Waals surface area contributed by atoms with E-state index in [4.69, 9.17) is 18.9 Å². The lowest BCUT2D eigenvalue weighted by Crippen LogP contribution is -2.68. The van der Waals surface area contributed by atoms with Crippen molar-refractivity contribution >= 4 is 0 Å². The lowest BCUT2D eigenvalue weighted by atomic mass is 10.2. The summed E-state index contributed by atoms with van der Waals surface area (Å²) in [6.07, 6.45) is 0. The average Bonchev–Trinajstić information content (AvgIpc) is 2.35. The van der Waals surface area contributed by atoms with E-state index in [1.807, 2.05) is 0 Å². The molecule has 6 nitrogen and oxygen atoms in total. The van der Waals surface area contributed by atoms with E-state index in [-0.39, 0.29) is 0 Å². The van der Waals surface area contributed by atoms with E-state index in [0.29, 0.717) is 26.9 Å². The lowest BCUT2D eigenvalue weighted by Gasteiger charge is -2.47. The third-order valence-electron chi connectivity index (χ3n) is 3.71. The molecule has 0 atom stereocenters. The Balaban J connectivity index is 2.64. The van der Waals surface area contributed by atoms with E-state index in [0.717, 1.165) is 35.1 Å². The van der Waals surface area contributed by atoms with Gasteiger partial charge in [-0.2, -0.15) is 0 Å². The first-order valence-electron chi connectivity index (χ1n) is 6.32. The van der Waals surface area contributed by atoms with Crippen LogP contribution in [-0.2, 0) is 18.9 Å². The summed E-state index contributed by atoms with van der Waals surface area (Å²) in [6.45, 7) is 6.90. The molecule has 0 aromatic carbocycles. The highest BCUT2D eigenvalue weighted by atomic mass is 16.5. The maximum absolute atomic E-state index is 5.35. The molecule has 0 N–H and O–H groups in total. The monoisotopic (exact) mass is 264 g/mol. The summed E-state index contributed by atoms with van der Waals surface area (Å²) in [6, 6.07) is 0. The lowest BCUT2D eigenvalue weighted by molar-refractivity contribution is -1.06. The van der Waals surface area contributed by atoms with Gasteiger partial charge in [-0.3, -0.25) is 8.97 Å². The van der Waals surface area contributed by atoms with Gasteiger partial charge in [0.2, 0.25) is 0 Å². The van der Waals surface area contributed by atoms with Crippen LogP contribution in [0.25, 0.3) is 0 Å². The molecule has 0 aromatic rings. The third-order valence-corrected chi connectivity index (χ3v) is 3.71. The smallest absolute Gasteiger partial charge is 0.184 e. The Morgan fingerprint density at radius 3 is 0.944 bits per heavy atom. The van der Waals surface area contributed by atoms with Crippen LogP contribution in [0.1, 0.15) is 0 Å². The number of rotatable bonds is 8. The molecule has 0 aromatic heterocycles. The van der Waals surface area contributed by atoms with Gasteiger partial charge in [-0.25, -0.2) is 0 Å². The third kappa shape index (κ3) is 3.88. The second-order valence-electron chi connectivity index (χ2n) is 5.25. The molecule has 1 rings (SSSR count). The molecule has 6 heteroatoms. The van der Waals surface area contributed by atoms with Crippen LogP contribution in [0.5, 0.6) is 0 Å². The quantitative estimate of drug-likeness (QED) is 0.581. The van der Waals surface area contributed by atoms with Crippen LogP contribution < -0.4 is 0 Å². The minimum Gasteiger partial charge on any atom is -0.335 e. The van der Waals surface area contributed by atoms with E-state index in [2.05, 4.69) is 0 Å². The number of quaternary nitrogens is 2. The number of ether oxygens (including phenoxy) is 4. The van der Waals surface area contributed by atoms with Crippen molar-refractivity contribution in [2.24, 2.45) is 0 Å². The Labute approximate surface area is 110 Å². The molecule has 0 amide bonds. The van der Waals surface area contributed by atoms with E-state index < -0.39 is 0 Å². The molecule has 0 saturated carbocycles. The van der Waals surface area contributed by atoms with Crippen LogP contribution in [0.4, 0.5) is 0 Å². The fraction of sp³-hybridized carbons (Fsp3) is 1.00. The number of nitrogens with zero attached hydrogens (tertiary/aromatic N) is 2. The van der Waals surface area contributed by atoms with Gasteiger partial charge in [-0.15, -0.1) is 0 Å². The van der Waals surface area contributed by atoms with Gasteiger partial charge in [0, 0.05) is 28.4 Å². The van der Waals surface area contributed by atoms with E-state index in [1.165, 1.54) is 0 Å². The fourth-order valence-corrected chi connectivity index (χ4v) is 2.76. The average molecular weight is 264 g/mol. The molecule has 0 unspecified atom stereocenters.